The van der Waals surface area contributed by atoms with Crippen LogP contribution in [-0.2, 0) is 9.59 Å². The number of carbonyl (C=O) groups is 2. The fraction of sp³-hybridized carbons (Fsp3) is 0.250. The van der Waals surface area contributed by atoms with E-state index < -0.39 is 5.97 Å². The molecule has 0 radical (unpaired) electrons. The smallest absolute Gasteiger partial charge is 0.336 e. The summed E-state index contributed by atoms with van der Waals surface area (Å²) in [7, 11) is 0. The molecule has 104 valence electrons. The molecule has 2 rings (SSSR count). The maximum Gasteiger partial charge on any atom is 0.336 e. The number of anilines is 1. The molecule has 1 amide bonds. The van der Waals surface area contributed by atoms with E-state index in [1.807, 2.05) is 13.0 Å². The van der Waals surface area contributed by atoms with Gasteiger partial charge in [-0.05, 0) is 37.6 Å². The molecule has 1 heterocycles. The summed E-state index contributed by atoms with van der Waals surface area (Å²) in [4.78, 5) is 24.8. The van der Waals surface area contributed by atoms with Crippen molar-refractivity contribution in [2.75, 3.05) is 11.4 Å². The van der Waals surface area contributed by atoms with Crippen LogP contribution < -0.4 is 9.64 Å². The van der Waals surface area contributed by atoms with Gasteiger partial charge in [0.15, 0.2) is 0 Å². The lowest BCUT2D eigenvalue weighted by Crippen LogP contribution is -2.23. The zero-order valence-corrected chi connectivity index (χ0v) is 11.4. The summed E-state index contributed by atoms with van der Waals surface area (Å²) < 4.78 is 5.14. The molecule has 20 heavy (non-hydrogen) atoms. The van der Waals surface area contributed by atoms with Gasteiger partial charge in [-0.25, -0.2) is 4.79 Å². The number of hydrogen-bond donors (Lipinski definition) is 0. The Morgan fingerprint density at radius 3 is 2.60 bits per heavy atom. The molecule has 0 spiro atoms. The van der Waals surface area contributed by atoms with Crippen molar-refractivity contribution in [2.45, 2.75) is 19.8 Å². The number of esters is 1. The van der Waals surface area contributed by atoms with E-state index in [1.165, 1.54) is 6.08 Å². The molecule has 1 saturated heterocycles. The highest BCUT2D eigenvalue weighted by molar-refractivity contribution is 5.95. The number of rotatable bonds is 4. The van der Waals surface area contributed by atoms with Crippen LogP contribution in [-0.4, -0.2) is 18.4 Å². The quantitative estimate of drug-likeness (QED) is 0.366. The lowest BCUT2D eigenvalue weighted by molar-refractivity contribution is -0.129. The predicted molar refractivity (Wildman–Crippen MR) is 77.6 cm³/mol. The molecule has 1 fully saturated rings. The van der Waals surface area contributed by atoms with E-state index in [4.69, 9.17) is 4.74 Å². The van der Waals surface area contributed by atoms with Gasteiger partial charge in [0.25, 0.3) is 0 Å². The molecule has 1 aliphatic heterocycles. The van der Waals surface area contributed by atoms with Crippen molar-refractivity contribution in [3.63, 3.8) is 0 Å². The molecule has 1 aliphatic rings. The first-order valence-electron chi connectivity index (χ1n) is 6.62. The Morgan fingerprint density at radius 2 is 2.00 bits per heavy atom. The third-order valence-electron chi connectivity index (χ3n) is 2.98. The minimum Gasteiger partial charge on any atom is -0.423 e. The first kappa shape index (κ1) is 14.1. The van der Waals surface area contributed by atoms with E-state index in [0.29, 0.717) is 12.2 Å². The maximum atomic E-state index is 11.6. The van der Waals surface area contributed by atoms with Crippen LogP contribution in [0.25, 0.3) is 0 Å². The normalized spacial score (nSPS) is 15.4. The van der Waals surface area contributed by atoms with Crippen LogP contribution in [0.5, 0.6) is 5.75 Å². The number of carbonyl (C=O) groups excluding carboxylic acids is 2. The average Bonchev–Trinajstić information content (AvgIpc) is 2.86. The highest BCUT2D eigenvalue weighted by Gasteiger charge is 2.21. The largest absolute Gasteiger partial charge is 0.423 e. The van der Waals surface area contributed by atoms with Crippen molar-refractivity contribution >= 4 is 17.6 Å². The van der Waals surface area contributed by atoms with Crippen LogP contribution in [0.4, 0.5) is 5.69 Å². The van der Waals surface area contributed by atoms with Crippen molar-refractivity contribution in [3.05, 3.63) is 48.6 Å². The highest BCUT2D eigenvalue weighted by Crippen LogP contribution is 2.23. The van der Waals surface area contributed by atoms with Crippen LogP contribution in [0, 0.1) is 0 Å². The second-order valence-electron chi connectivity index (χ2n) is 4.45. The zero-order chi connectivity index (χ0) is 14.4. The van der Waals surface area contributed by atoms with Crippen LogP contribution in [0.1, 0.15) is 19.8 Å². The number of nitrogens with zero attached hydrogens (tertiary/aromatic N) is 1. The lowest BCUT2D eigenvalue weighted by Gasteiger charge is -2.15. The molecule has 4 heteroatoms. The Labute approximate surface area is 118 Å². The number of amides is 1. The van der Waals surface area contributed by atoms with Gasteiger partial charge in [-0.3, -0.25) is 4.79 Å². The standard InChI is InChI=1S/C16H17NO3/c1-2-3-4-7-16(19)20-14-10-8-13(9-11-14)17-12-5-6-15(17)18/h2-4,7-11H,5-6,12H2,1H3/b3-2+,7-4+. The Balaban J connectivity index is 1.98. The second-order valence-corrected chi connectivity index (χ2v) is 4.45. The molecule has 0 saturated carbocycles. The first-order valence-corrected chi connectivity index (χ1v) is 6.62. The van der Waals surface area contributed by atoms with Gasteiger partial charge >= 0.3 is 5.97 Å². The Kier molecular flexibility index (Phi) is 4.71. The second kappa shape index (κ2) is 6.70. The summed E-state index contributed by atoms with van der Waals surface area (Å²) in [6.07, 6.45) is 8.06. The summed E-state index contributed by atoms with van der Waals surface area (Å²) in [5, 5.41) is 0. The van der Waals surface area contributed by atoms with Crippen molar-refractivity contribution in [3.8, 4) is 5.75 Å². The monoisotopic (exact) mass is 271 g/mol. The van der Waals surface area contributed by atoms with Crippen LogP contribution in [0.3, 0.4) is 0 Å². The van der Waals surface area contributed by atoms with Gasteiger partial charge in [-0.15, -0.1) is 0 Å². The molecule has 0 aromatic heterocycles. The predicted octanol–water partition coefficient (Wildman–Crippen LogP) is 2.85. The van der Waals surface area contributed by atoms with Gasteiger partial charge in [-0.2, -0.15) is 0 Å². The van der Waals surface area contributed by atoms with Gasteiger partial charge < -0.3 is 9.64 Å². The first-order chi connectivity index (χ1) is 9.70. The molecule has 4 nitrogen and oxygen atoms in total. The fourth-order valence-corrected chi connectivity index (χ4v) is 2.01. The van der Waals surface area contributed by atoms with E-state index in [9.17, 15) is 9.59 Å². The number of hydrogen-bond acceptors (Lipinski definition) is 3. The van der Waals surface area contributed by atoms with Gasteiger partial charge in [0.05, 0.1) is 0 Å². The molecular formula is C16H17NO3. The van der Waals surface area contributed by atoms with Gasteiger partial charge in [0, 0.05) is 24.7 Å². The number of benzene rings is 1. The van der Waals surface area contributed by atoms with E-state index in [1.54, 1.807) is 41.3 Å². The van der Waals surface area contributed by atoms with E-state index >= 15 is 0 Å². The van der Waals surface area contributed by atoms with E-state index in [-0.39, 0.29) is 5.91 Å². The van der Waals surface area contributed by atoms with E-state index in [0.717, 1.165) is 18.7 Å². The lowest BCUT2D eigenvalue weighted by atomic mass is 10.3. The average molecular weight is 271 g/mol. The van der Waals surface area contributed by atoms with Gasteiger partial charge in [-0.1, -0.05) is 18.2 Å². The molecule has 0 unspecified atom stereocenters. The minimum atomic E-state index is -0.423. The highest BCUT2D eigenvalue weighted by atomic mass is 16.5. The SMILES string of the molecule is C/C=C/C=C/C(=O)Oc1ccc(N2CCCC2=O)cc1. The topological polar surface area (TPSA) is 46.6 Å². The summed E-state index contributed by atoms with van der Waals surface area (Å²) in [6.45, 7) is 2.62. The van der Waals surface area contributed by atoms with E-state index in [2.05, 4.69) is 0 Å². The molecule has 1 aromatic carbocycles. The molecular weight excluding hydrogens is 254 g/mol. The van der Waals surface area contributed by atoms with Crippen molar-refractivity contribution in [2.24, 2.45) is 0 Å². The van der Waals surface area contributed by atoms with Crippen LogP contribution in [0.15, 0.2) is 48.6 Å². The summed E-state index contributed by atoms with van der Waals surface area (Å²) in [5.41, 5.74) is 0.844. The number of allylic oxidation sites excluding steroid dienone is 3. The summed E-state index contributed by atoms with van der Waals surface area (Å²) in [5.74, 6) is 0.188. The Morgan fingerprint density at radius 1 is 1.25 bits per heavy atom. The van der Waals surface area contributed by atoms with Crippen molar-refractivity contribution in [1.29, 1.82) is 0 Å². The molecule has 1 aromatic rings. The van der Waals surface area contributed by atoms with Crippen molar-refractivity contribution < 1.29 is 14.3 Å². The minimum absolute atomic E-state index is 0.143. The third-order valence-corrected chi connectivity index (χ3v) is 2.98. The zero-order valence-electron chi connectivity index (χ0n) is 11.4. The molecule has 0 N–H and O–H groups in total. The Bertz CT molecular complexity index is 543. The van der Waals surface area contributed by atoms with Crippen molar-refractivity contribution in [1.82, 2.24) is 0 Å². The maximum absolute atomic E-state index is 11.6. The fourth-order valence-electron chi connectivity index (χ4n) is 2.01. The van der Waals surface area contributed by atoms with Gasteiger partial charge in [0.1, 0.15) is 5.75 Å². The van der Waals surface area contributed by atoms with Gasteiger partial charge in [0.2, 0.25) is 5.91 Å². The van der Waals surface area contributed by atoms with Crippen LogP contribution in [0.2, 0.25) is 0 Å². The summed E-state index contributed by atoms with van der Waals surface area (Å²) >= 11 is 0. The number of ether oxygens (including phenoxy) is 1. The molecule has 0 bridgehead atoms. The molecule has 0 atom stereocenters. The molecule has 0 aliphatic carbocycles. The van der Waals surface area contributed by atoms with Crippen LogP contribution >= 0.6 is 0 Å². The third kappa shape index (κ3) is 3.57. The Hall–Kier alpha value is -2.36. The summed E-state index contributed by atoms with van der Waals surface area (Å²) in [6, 6.07) is 6.98.